The Morgan fingerprint density at radius 3 is 2.73 bits per heavy atom. The summed E-state index contributed by atoms with van der Waals surface area (Å²) in [7, 11) is -1.31. The maximum absolute atomic E-state index is 12.1. The SMILES string of the molecule is CN=C(NCc1scnc1C)N1CCS(=O)(=O)C(C)(C)C1.I. The number of rotatable bonds is 2. The first-order valence-electron chi connectivity index (χ1n) is 6.84. The van der Waals surface area contributed by atoms with Crippen molar-refractivity contribution in [1.82, 2.24) is 15.2 Å². The van der Waals surface area contributed by atoms with Crippen LogP contribution in [0.4, 0.5) is 0 Å². The second-order valence-corrected chi connectivity index (χ2v) is 9.44. The zero-order chi connectivity index (χ0) is 15.7. The summed E-state index contributed by atoms with van der Waals surface area (Å²) in [5.74, 6) is 0.908. The van der Waals surface area contributed by atoms with E-state index in [0.717, 1.165) is 11.7 Å². The van der Waals surface area contributed by atoms with E-state index in [1.54, 1.807) is 32.2 Å². The number of guanidine groups is 1. The molecule has 0 aromatic carbocycles. The van der Waals surface area contributed by atoms with Crippen LogP contribution in [0.5, 0.6) is 0 Å². The van der Waals surface area contributed by atoms with Crippen LogP contribution in [0.15, 0.2) is 10.5 Å². The van der Waals surface area contributed by atoms with Gasteiger partial charge in [0.05, 0.1) is 28.2 Å². The van der Waals surface area contributed by atoms with Crippen molar-refractivity contribution >= 4 is 51.1 Å². The summed E-state index contributed by atoms with van der Waals surface area (Å²) in [6.07, 6.45) is 0. The van der Waals surface area contributed by atoms with Crippen LogP contribution in [0.3, 0.4) is 0 Å². The van der Waals surface area contributed by atoms with E-state index in [-0.39, 0.29) is 29.7 Å². The molecule has 0 amide bonds. The van der Waals surface area contributed by atoms with E-state index in [4.69, 9.17) is 0 Å². The molecule has 1 aliphatic heterocycles. The van der Waals surface area contributed by atoms with Crippen LogP contribution in [-0.4, -0.2) is 54.9 Å². The van der Waals surface area contributed by atoms with Crippen LogP contribution in [0.25, 0.3) is 0 Å². The first-order valence-corrected chi connectivity index (χ1v) is 9.37. The zero-order valence-electron chi connectivity index (χ0n) is 13.3. The Bertz CT molecular complexity index is 640. The highest BCUT2D eigenvalue weighted by Gasteiger charge is 2.40. The van der Waals surface area contributed by atoms with Crippen molar-refractivity contribution in [3.8, 4) is 0 Å². The van der Waals surface area contributed by atoms with Gasteiger partial charge in [-0.05, 0) is 20.8 Å². The highest BCUT2D eigenvalue weighted by molar-refractivity contribution is 14.0. The van der Waals surface area contributed by atoms with Crippen molar-refractivity contribution in [2.75, 3.05) is 25.9 Å². The lowest BCUT2D eigenvalue weighted by molar-refractivity contribution is 0.353. The summed E-state index contributed by atoms with van der Waals surface area (Å²) in [6.45, 7) is 7.12. The number of hydrogen-bond donors (Lipinski definition) is 1. The summed E-state index contributed by atoms with van der Waals surface area (Å²) in [6, 6.07) is 0. The third-order valence-electron chi connectivity index (χ3n) is 3.81. The fourth-order valence-corrected chi connectivity index (χ4v) is 4.39. The summed E-state index contributed by atoms with van der Waals surface area (Å²) in [4.78, 5) is 11.7. The minimum atomic E-state index is -3.03. The number of aromatic nitrogens is 1. The molecular weight excluding hydrogens is 435 g/mol. The Kier molecular flexibility index (Phi) is 6.63. The zero-order valence-corrected chi connectivity index (χ0v) is 17.3. The fraction of sp³-hybridized carbons (Fsp3) is 0.692. The molecule has 1 aromatic rings. The number of thiazole rings is 1. The quantitative estimate of drug-likeness (QED) is 0.415. The molecule has 126 valence electrons. The molecule has 2 heterocycles. The van der Waals surface area contributed by atoms with E-state index in [1.807, 2.05) is 17.3 Å². The van der Waals surface area contributed by atoms with Gasteiger partial charge in [0.1, 0.15) is 0 Å². The highest BCUT2D eigenvalue weighted by atomic mass is 127. The molecule has 0 atom stereocenters. The van der Waals surface area contributed by atoms with E-state index in [0.29, 0.717) is 19.6 Å². The molecule has 0 unspecified atom stereocenters. The van der Waals surface area contributed by atoms with Crippen LogP contribution in [0.1, 0.15) is 24.4 Å². The van der Waals surface area contributed by atoms with Gasteiger partial charge in [-0.25, -0.2) is 13.4 Å². The summed E-state index contributed by atoms with van der Waals surface area (Å²) >= 11 is 1.61. The number of sulfone groups is 1. The summed E-state index contributed by atoms with van der Waals surface area (Å²) < 4.78 is 23.4. The average molecular weight is 458 g/mol. The summed E-state index contributed by atoms with van der Waals surface area (Å²) in [5, 5.41) is 3.30. The van der Waals surface area contributed by atoms with Crippen LogP contribution < -0.4 is 5.32 Å². The van der Waals surface area contributed by atoms with Crippen molar-refractivity contribution < 1.29 is 8.42 Å². The van der Waals surface area contributed by atoms with Crippen LogP contribution in [0, 0.1) is 6.92 Å². The van der Waals surface area contributed by atoms with Gasteiger partial charge in [-0.3, -0.25) is 4.99 Å². The van der Waals surface area contributed by atoms with E-state index >= 15 is 0 Å². The molecule has 1 fully saturated rings. The lowest BCUT2D eigenvalue weighted by atomic mass is 10.2. The Balaban J connectivity index is 0.00000242. The van der Waals surface area contributed by atoms with E-state index in [2.05, 4.69) is 15.3 Å². The van der Waals surface area contributed by atoms with E-state index < -0.39 is 14.6 Å². The molecule has 1 saturated heterocycles. The first-order chi connectivity index (χ1) is 9.77. The van der Waals surface area contributed by atoms with Gasteiger partial charge in [0.2, 0.25) is 0 Å². The van der Waals surface area contributed by atoms with E-state index in [1.165, 1.54) is 4.88 Å². The number of hydrogen-bond acceptors (Lipinski definition) is 5. The Labute approximate surface area is 153 Å². The molecule has 0 spiro atoms. The average Bonchev–Trinajstić information content (AvgIpc) is 2.80. The van der Waals surface area contributed by atoms with Crippen molar-refractivity contribution in [1.29, 1.82) is 0 Å². The van der Waals surface area contributed by atoms with Crippen molar-refractivity contribution in [2.24, 2.45) is 4.99 Å². The normalized spacial score (nSPS) is 20.4. The molecule has 1 N–H and O–H groups in total. The minimum absolute atomic E-state index is 0. The second-order valence-electron chi connectivity index (χ2n) is 5.76. The lowest BCUT2D eigenvalue weighted by Gasteiger charge is -2.39. The molecule has 9 heteroatoms. The molecule has 0 bridgehead atoms. The summed E-state index contributed by atoms with van der Waals surface area (Å²) in [5.41, 5.74) is 2.84. The largest absolute Gasteiger partial charge is 0.351 e. The highest BCUT2D eigenvalue weighted by Crippen LogP contribution is 2.23. The molecule has 0 radical (unpaired) electrons. The molecule has 0 saturated carbocycles. The number of nitrogens with zero attached hydrogens (tertiary/aromatic N) is 3. The molecular formula is C13H23IN4O2S2. The molecule has 1 aliphatic rings. The third-order valence-corrected chi connectivity index (χ3v) is 7.27. The standard InChI is InChI=1S/C13H22N4O2S2.HI/c1-10-11(20-9-16-10)7-15-12(14-4)17-5-6-21(18,19)13(2,3)8-17;/h9H,5-8H2,1-4H3,(H,14,15);1H. The number of nitrogens with one attached hydrogen (secondary N) is 1. The predicted molar refractivity (Wildman–Crippen MR) is 102 cm³/mol. The minimum Gasteiger partial charge on any atom is -0.351 e. The van der Waals surface area contributed by atoms with Crippen LogP contribution >= 0.6 is 35.3 Å². The van der Waals surface area contributed by atoms with Crippen molar-refractivity contribution in [3.63, 3.8) is 0 Å². The van der Waals surface area contributed by atoms with Gasteiger partial charge in [-0.2, -0.15) is 0 Å². The third kappa shape index (κ3) is 4.10. The smallest absolute Gasteiger partial charge is 0.194 e. The number of aryl methyl sites for hydroxylation is 1. The van der Waals surface area contributed by atoms with Gasteiger partial charge < -0.3 is 10.2 Å². The monoisotopic (exact) mass is 458 g/mol. The lowest BCUT2D eigenvalue weighted by Crippen LogP contribution is -2.57. The maximum atomic E-state index is 12.1. The topological polar surface area (TPSA) is 74.7 Å². The molecule has 1 aromatic heterocycles. The Morgan fingerprint density at radius 2 is 2.23 bits per heavy atom. The van der Waals surface area contributed by atoms with Gasteiger partial charge >= 0.3 is 0 Å². The molecule has 0 aliphatic carbocycles. The van der Waals surface area contributed by atoms with Gasteiger partial charge in [-0.1, -0.05) is 0 Å². The Hall–Kier alpha value is -0.420. The van der Waals surface area contributed by atoms with Crippen LogP contribution in [0.2, 0.25) is 0 Å². The second kappa shape index (κ2) is 7.43. The van der Waals surface area contributed by atoms with Gasteiger partial charge in [0.25, 0.3) is 0 Å². The maximum Gasteiger partial charge on any atom is 0.194 e. The predicted octanol–water partition coefficient (Wildman–Crippen LogP) is 1.65. The van der Waals surface area contributed by atoms with Gasteiger partial charge in [0.15, 0.2) is 15.8 Å². The molecule has 2 rings (SSSR count). The van der Waals surface area contributed by atoms with Gasteiger partial charge in [-0.15, -0.1) is 35.3 Å². The number of halogens is 1. The van der Waals surface area contributed by atoms with Crippen LogP contribution in [-0.2, 0) is 16.4 Å². The molecule has 6 nitrogen and oxygen atoms in total. The fourth-order valence-electron chi connectivity index (χ4n) is 2.31. The van der Waals surface area contributed by atoms with Gasteiger partial charge in [0, 0.05) is 25.0 Å². The van der Waals surface area contributed by atoms with Crippen molar-refractivity contribution in [2.45, 2.75) is 32.1 Å². The Morgan fingerprint density at radius 1 is 1.55 bits per heavy atom. The number of aliphatic imine (C=N–C) groups is 1. The first kappa shape index (κ1) is 19.6. The van der Waals surface area contributed by atoms with Crippen molar-refractivity contribution in [3.05, 3.63) is 16.1 Å². The molecule has 22 heavy (non-hydrogen) atoms. The van der Waals surface area contributed by atoms with E-state index in [9.17, 15) is 8.42 Å².